The highest BCUT2D eigenvalue weighted by Crippen LogP contribution is 2.31. The van der Waals surface area contributed by atoms with Crippen molar-refractivity contribution in [3.8, 4) is 0 Å². The fraction of sp³-hybridized carbons (Fsp3) is 0.500. The van der Waals surface area contributed by atoms with Gasteiger partial charge in [0, 0.05) is 0 Å². The molecule has 0 bridgehead atoms. The topological polar surface area (TPSA) is 46.2 Å². The lowest BCUT2D eigenvalue weighted by Gasteiger charge is -2.12. The molecule has 0 aliphatic carbocycles. The summed E-state index contributed by atoms with van der Waals surface area (Å²) in [6, 6.07) is 3.94. The number of carbonyl (C=O) groups excluding carboxylic acids is 2. The molecule has 1 heterocycles. The minimum absolute atomic E-state index is 0.362. The molecule has 1 aromatic rings. The van der Waals surface area contributed by atoms with Crippen LogP contribution in [0.25, 0.3) is 0 Å². The quantitative estimate of drug-likeness (QED) is 0.795. The predicted octanol–water partition coefficient (Wildman–Crippen LogP) is 3.51. The Bertz CT molecular complexity index is 506. The van der Waals surface area contributed by atoms with Crippen molar-refractivity contribution in [2.75, 3.05) is 5.32 Å². The highest BCUT2D eigenvalue weighted by molar-refractivity contribution is 6.52. The summed E-state index contributed by atoms with van der Waals surface area (Å²) in [6.07, 6.45) is 6.27. The second-order valence-corrected chi connectivity index (χ2v) is 5.12. The molecule has 1 aromatic carbocycles. The number of rotatable bonds is 6. The molecule has 0 spiro atoms. The van der Waals surface area contributed by atoms with Crippen molar-refractivity contribution in [2.24, 2.45) is 0 Å². The van der Waals surface area contributed by atoms with Crippen molar-refractivity contribution in [3.05, 3.63) is 28.8 Å². The van der Waals surface area contributed by atoms with E-state index in [1.165, 1.54) is 5.56 Å². The first-order valence-electron chi connectivity index (χ1n) is 7.19. The van der Waals surface area contributed by atoms with Gasteiger partial charge in [0.05, 0.1) is 11.3 Å². The van der Waals surface area contributed by atoms with E-state index < -0.39 is 5.91 Å². The summed E-state index contributed by atoms with van der Waals surface area (Å²) in [6.45, 7) is 4.30. The first kappa shape index (κ1) is 13.8. The van der Waals surface area contributed by atoms with Crippen molar-refractivity contribution >= 4 is 17.4 Å². The van der Waals surface area contributed by atoms with Crippen LogP contribution < -0.4 is 5.32 Å². The molecule has 1 N–H and O–H groups in total. The van der Waals surface area contributed by atoms with Crippen LogP contribution in [0, 0.1) is 0 Å². The van der Waals surface area contributed by atoms with E-state index in [2.05, 4.69) is 25.2 Å². The van der Waals surface area contributed by atoms with E-state index in [1.54, 1.807) is 0 Å². The lowest BCUT2D eigenvalue weighted by Crippen LogP contribution is -2.13. The summed E-state index contributed by atoms with van der Waals surface area (Å²) < 4.78 is 0. The van der Waals surface area contributed by atoms with Gasteiger partial charge in [-0.3, -0.25) is 9.59 Å². The lowest BCUT2D eigenvalue weighted by molar-refractivity contribution is -0.112. The van der Waals surface area contributed by atoms with Crippen molar-refractivity contribution < 1.29 is 9.59 Å². The Balaban J connectivity index is 2.41. The summed E-state index contributed by atoms with van der Waals surface area (Å²) in [4.78, 5) is 23.5. The highest BCUT2D eigenvalue weighted by atomic mass is 16.2. The molecule has 19 heavy (non-hydrogen) atoms. The molecule has 1 aliphatic heterocycles. The third kappa shape index (κ3) is 2.70. The van der Waals surface area contributed by atoms with Gasteiger partial charge in [0.2, 0.25) is 0 Å². The van der Waals surface area contributed by atoms with E-state index in [1.807, 2.05) is 6.07 Å². The summed E-state index contributed by atoms with van der Waals surface area (Å²) >= 11 is 0. The predicted molar refractivity (Wildman–Crippen MR) is 76.6 cm³/mol. The van der Waals surface area contributed by atoms with Crippen LogP contribution in [0.5, 0.6) is 0 Å². The molecule has 0 saturated heterocycles. The summed E-state index contributed by atoms with van der Waals surface area (Å²) in [5.74, 6) is -0.847. The Morgan fingerprint density at radius 3 is 2.37 bits per heavy atom. The van der Waals surface area contributed by atoms with Gasteiger partial charge in [-0.15, -0.1) is 0 Å². The maximum Gasteiger partial charge on any atom is 0.296 e. The summed E-state index contributed by atoms with van der Waals surface area (Å²) in [5.41, 5.74) is 3.66. The molecule has 3 nitrogen and oxygen atoms in total. The lowest BCUT2D eigenvalue weighted by atomic mass is 9.91. The zero-order valence-electron chi connectivity index (χ0n) is 11.7. The van der Waals surface area contributed by atoms with E-state index in [0.717, 1.165) is 44.1 Å². The van der Waals surface area contributed by atoms with Crippen LogP contribution in [0.2, 0.25) is 0 Å². The molecule has 1 aliphatic rings. The molecule has 0 radical (unpaired) electrons. The van der Waals surface area contributed by atoms with Crippen LogP contribution in [-0.4, -0.2) is 11.7 Å². The van der Waals surface area contributed by atoms with Crippen LogP contribution in [0.15, 0.2) is 12.1 Å². The van der Waals surface area contributed by atoms with Crippen molar-refractivity contribution in [1.29, 1.82) is 0 Å². The Hall–Kier alpha value is -1.64. The van der Waals surface area contributed by atoms with E-state index >= 15 is 0 Å². The molecular weight excluding hydrogens is 238 g/mol. The number of hydrogen-bond acceptors (Lipinski definition) is 2. The molecule has 0 unspecified atom stereocenters. The number of ketones is 1. The molecule has 0 aromatic heterocycles. The number of anilines is 1. The van der Waals surface area contributed by atoms with Gasteiger partial charge in [0.25, 0.3) is 11.7 Å². The summed E-state index contributed by atoms with van der Waals surface area (Å²) in [5, 5.41) is 2.66. The third-order valence-corrected chi connectivity index (χ3v) is 3.67. The number of amides is 1. The second kappa shape index (κ2) is 6.00. The van der Waals surface area contributed by atoms with Crippen LogP contribution in [0.1, 0.15) is 61.0 Å². The SMILES string of the molecule is CCCCc1ccc2c(c1CCCC)C(=O)C(=O)N2. The fourth-order valence-electron chi connectivity index (χ4n) is 2.59. The first-order chi connectivity index (χ1) is 9.19. The van der Waals surface area contributed by atoms with Gasteiger partial charge < -0.3 is 5.32 Å². The van der Waals surface area contributed by atoms with Gasteiger partial charge in [0.1, 0.15) is 0 Å². The molecule has 1 amide bonds. The Kier molecular flexibility index (Phi) is 4.35. The molecule has 0 atom stereocenters. The zero-order valence-corrected chi connectivity index (χ0v) is 11.7. The number of unbranched alkanes of at least 4 members (excludes halogenated alkanes) is 2. The fourth-order valence-corrected chi connectivity index (χ4v) is 2.59. The molecule has 2 rings (SSSR count). The largest absolute Gasteiger partial charge is 0.318 e. The number of Topliss-reactive ketones (excluding diaryl/α,β-unsaturated/α-hetero) is 1. The molecule has 102 valence electrons. The molecular formula is C16H21NO2. The van der Waals surface area contributed by atoms with Crippen molar-refractivity contribution in [1.82, 2.24) is 0 Å². The van der Waals surface area contributed by atoms with Gasteiger partial charge >= 0.3 is 0 Å². The van der Waals surface area contributed by atoms with Crippen molar-refractivity contribution in [3.63, 3.8) is 0 Å². The van der Waals surface area contributed by atoms with Crippen molar-refractivity contribution in [2.45, 2.75) is 52.4 Å². The Labute approximate surface area is 114 Å². The Morgan fingerprint density at radius 1 is 1.00 bits per heavy atom. The number of nitrogens with one attached hydrogen (secondary N) is 1. The van der Waals surface area contributed by atoms with Crippen LogP contribution >= 0.6 is 0 Å². The standard InChI is InChI=1S/C16H21NO2/c1-3-5-7-11-9-10-13-14(12(11)8-6-4-2)15(18)16(19)17-13/h9-10H,3-8H2,1-2H3,(H,17,18,19). The smallest absolute Gasteiger partial charge is 0.296 e. The maximum atomic E-state index is 12.0. The molecule has 0 saturated carbocycles. The van der Waals surface area contributed by atoms with Gasteiger partial charge in [-0.25, -0.2) is 0 Å². The monoisotopic (exact) mass is 259 g/mol. The van der Waals surface area contributed by atoms with Gasteiger partial charge in [-0.2, -0.15) is 0 Å². The summed E-state index contributed by atoms with van der Waals surface area (Å²) in [7, 11) is 0. The van der Waals surface area contributed by atoms with E-state index in [0.29, 0.717) is 11.3 Å². The van der Waals surface area contributed by atoms with E-state index in [-0.39, 0.29) is 5.78 Å². The van der Waals surface area contributed by atoms with E-state index in [9.17, 15) is 9.59 Å². The number of hydrogen-bond donors (Lipinski definition) is 1. The number of aryl methyl sites for hydroxylation is 1. The number of benzene rings is 1. The number of fused-ring (bicyclic) bond motifs is 1. The van der Waals surface area contributed by atoms with E-state index in [4.69, 9.17) is 0 Å². The van der Waals surface area contributed by atoms with Crippen LogP contribution in [0.3, 0.4) is 0 Å². The normalized spacial score (nSPS) is 13.6. The number of carbonyl (C=O) groups is 2. The molecule has 0 fully saturated rings. The van der Waals surface area contributed by atoms with Crippen LogP contribution in [-0.2, 0) is 17.6 Å². The Morgan fingerprint density at radius 2 is 1.68 bits per heavy atom. The average molecular weight is 259 g/mol. The third-order valence-electron chi connectivity index (χ3n) is 3.67. The first-order valence-corrected chi connectivity index (χ1v) is 7.19. The van der Waals surface area contributed by atoms with Gasteiger partial charge in [-0.1, -0.05) is 32.8 Å². The minimum Gasteiger partial charge on any atom is -0.318 e. The zero-order chi connectivity index (χ0) is 13.8. The second-order valence-electron chi connectivity index (χ2n) is 5.12. The van der Waals surface area contributed by atoms with Gasteiger partial charge in [-0.05, 0) is 42.9 Å². The highest BCUT2D eigenvalue weighted by Gasteiger charge is 2.31. The van der Waals surface area contributed by atoms with Gasteiger partial charge in [0.15, 0.2) is 0 Å². The van der Waals surface area contributed by atoms with Crippen LogP contribution in [0.4, 0.5) is 5.69 Å². The maximum absolute atomic E-state index is 12.0. The molecule has 3 heteroatoms. The minimum atomic E-state index is -0.486. The average Bonchev–Trinajstić information content (AvgIpc) is 2.70.